The molecule has 0 fully saturated rings. The summed E-state index contributed by atoms with van der Waals surface area (Å²) in [5.74, 6) is 0.737. The van der Waals surface area contributed by atoms with Gasteiger partial charge in [-0.25, -0.2) is 0 Å². The van der Waals surface area contributed by atoms with Crippen molar-refractivity contribution in [3.8, 4) is 0 Å². The zero-order valence-electron chi connectivity index (χ0n) is 6.80. The van der Waals surface area contributed by atoms with Crippen LogP contribution in [0.2, 0.25) is 0 Å². The van der Waals surface area contributed by atoms with Gasteiger partial charge in [0.15, 0.2) is 0 Å². The molecule has 0 aromatic heterocycles. The first-order valence-corrected chi connectivity index (χ1v) is 5.10. The molecule has 0 atom stereocenters. The Morgan fingerprint density at radius 3 is 2.50 bits per heavy atom. The summed E-state index contributed by atoms with van der Waals surface area (Å²) in [6.07, 6.45) is 1.14. The van der Waals surface area contributed by atoms with Crippen LogP contribution in [0.25, 0.3) is 0 Å². The summed E-state index contributed by atoms with van der Waals surface area (Å²) in [7, 11) is 0. The standard InChI is InChI=1S/C5H11O.C2H5O.Er/c1-5(2)3-4-6;1-2-3;/h5H,3-4H2,1-2H3;2H2,1H3;/q2*-1;+2. The molecule has 0 rings (SSSR count). The Hall–Kier alpha value is 1.17. The fourth-order valence-electron chi connectivity index (χ4n) is 0.352. The third-order valence-corrected chi connectivity index (χ3v) is 2.25. The normalized spacial score (nSPS) is 11.2. The van der Waals surface area contributed by atoms with Crippen LogP contribution in [0.4, 0.5) is 0 Å². The van der Waals surface area contributed by atoms with Gasteiger partial charge in [0, 0.05) is 0 Å². The van der Waals surface area contributed by atoms with E-state index in [1.807, 2.05) is 6.92 Å². The summed E-state index contributed by atoms with van der Waals surface area (Å²) in [4.78, 5) is 0. The molecule has 68 valence electrons. The van der Waals surface area contributed by atoms with Gasteiger partial charge in [0.2, 0.25) is 0 Å². The van der Waals surface area contributed by atoms with Gasteiger partial charge >= 0.3 is 83.9 Å². The van der Waals surface area contributed by atoms with Crippen molar-refractivity contribution in [2.24, 2.45) is 5.92 Å². The Morgan fingerprint density at radius 1 is 1.30 bits per heavy atom. The summed E-state index contributed by atoms with van der Waals surface area (Å²) >= 11 is -0.200. The average molecular weight is 299 g/mol. The first-order valence-electron chi connectivity index (χ1n) is 3.58. The molecule has 0 aromatic carbocycles. The van der Waals surface area contributed by atoms with Gasteiger partial charge in [0.05, 0.1) is 0 Å². The third-order valence-electron chi connectivity index (χ3n) is 0.906. The topological polar surface area (TPSA) is 18.5 Å². The average Bonchev–Trinajstić information content (AvgIpc) is 1.87. The van der Waals surface area contributed by atoms with Crippen molar-refractivity contribution in [2.45, 2.75) is 27.2 Å². The van der Waals surface area contributed by atoms with E-state index in [9.17, 15) is 0 Å². The van der Waals surface area contributed by atoms with Crippen molar-refractivity contribution in [3.05, 3.63) is 0 Å². The van der Waals surface area contributed by atoms with Crippen LogP contribution in [0, 0.1) is 40.5 Å². The molecular formula is C7H16ErO2. The second-order valence-electron chi connectivity index (χ2n) is 2.39. The summed E-state index contributed by atoms with van der Waals surface area (Å²) in [5.41, 5.74) is 0. The summed E-state index contributed by atoms with van der Waals surface area (Å²) < 4.78 is 10.3. The van der Waals surface area contributed by atoms with Gasteiger partial charge in [-0.05, 0) is 0 Å². The summed E-state index contributed by atoms with van der Waals surface area (Å²) in [6.45, 7) is 8.00. The first kappa shape index (κ1) is 11.2. The fraction of sp³-hybridized carbons (Fsp3) is 1.00. The van der Waals surface area contributed by atoms with Crippen LogP contribution < -0.4 is 0 Å². The van der Waals surface area contributed by atoms with Gasteiger partial charge in [-0.1, -0.05) is 0 Å². The Labute approximate surface area is 83.3 Å². The van der Waals surface area contributed by atoms with Crippen LogP contribution in [0.1, 0.15) is 27.2 Å². The van der Waals surface area contributed by atoms with Crippen LogP contribution in [0.15, 0.2) is 0 Å². The van der Waals surface area contributed by atoms with E-state index in [0.29, 0.717) is 0 Å². The van der Waals surface area contributed by atoms with Gasteiger partial charge in [0.1, 0.15) is 0 Å². The molecule has 0 aliphatic carbocycles. The molecule has 0 spiro atoms. The van der Waals surface area contributed by atoms with Crippen molar-refractivity contribution in [2.75, 3.05) is 13.2 Å². The van der Waals surface area contributed by atoms with Crippen LogP contribution >= 0.6 is 0 Å². The molecule has 0 unspecified atom stereocenters. The van der Waals surface area contributed by atoms with E-state index in [2.05, 4.69) is 13.8 Å². The van der Waals surface area contributed by atoms with Gasteiger partial charge < -0.3 is 0 Å². The van der Waals surface area contributed by atoms with E-state index in [0.717, 1.165) is 25.6 Å². The molecular weight excluding hydrogens is 283 g/mol. The predicted molar refractivity (Wildman–Crippen MR) is 37.0 cm³/mol. The SMILES string of the molecule is CC[O][Er][O]CCC(C)C. The monoisotopic (exact) mass is 298 g/mol. The van der Waals surface area contributed by atoms with E-state index in [1.165, 1.54) is 0 Å². The number of hydrogen-bond donors (Lipinski definition) is 0. The molecule has 10 heavy (non-hydrogen) atoms. The minimum absolute atomic E-state index is 0.200. The Bertz CT molecular complexity index is 66.6. The van der Waals surface area contributed by atoms with Crippen LogP contribution in [0.5, 0.6) is 0 Å². The molecule has 0 aromatic rings. The van der Waals surface area contributed by atoms with Crippen molar-refractivity contribution in [1.29, 1.82) is 0 Å². The summed E-state index contributed by atoms with van der Waals surface area (Å²) in [5, 5.41) is 0. The Balaban J connectivity index is 2.77. The quantitative estimate of drug-likeness (QED) is 0.699. The fourth-order valence-corrected chi connectivity index (χ4v) is 1.10. The zero-order chi connectivity index (χ0) is 7.82. The van der Waals surface area contributed by atoms with Crippen LogP contribution in [-0.4, -0.2) is 13.2 Å². The van der Waals surface area contributed by atoms with Gasteiger partial charge in [-0.15, -0.1) is 0 Å². The molecule has 2 nitrogen and oxygen atoms in total. The predicted octanol–water partition coefficient (Wildman–Crippen LogP) is 2.00. The molecule has 0 aliphatic heterocycles. The molecule has 0 aliphatic rings. The summed E-state index contributed by atoms with van der Waals surface area (Å²) in [6, 6.07) is 0. The van der Waals surface area contributed by atoms with E-state index < -0.39 is 0 Å². The van der Waals surface area contributed by atoms with Crippen LogP contribution in [-0.2, 0) is 2.99 Å². The molecule has 0 heterocycles. The Kier molecular flexibility index (Phi) is 9.23. The molecule has 0 amide bonds. The van der Waals surface area contributed by atoms with Crippen molar-refractivity contribution in [3.63, 3.8) is 0 Å². The first-order chi connectivity index (χ1) is 4.77. The third kappa shape index (κ3) is 9.17. The van der Waals surface area contributed by atoms with E-state index in [1.54, 1.807) is 0 Å². The van der Waals surface area contributed by atoms with Gasteiger partial charge in [-0.2, -0.15) is 0 Å². The van der Waals surface area contributed by atoms with Gasteiger partial charge in [0.25, 0.3) is 0 Å². The van der Waals surface area contributed by atoms with Gasteiger partial charge in [-0.3, -0.25) is 0 Å². The molecule has 0 saturated heterocycles. The molecule has 0 saturated carbocycles. The number of hydrogen-bond acceptors (Lipinski definition) is 2. The maximum absolute atomic E-state index is 5.25. The molecule has 0 bridgehead atoms. The minimum atomic E-state index is -0.200. The van der Waals surface area contributed by atoms with E-state index >= 15 is 0 Å². The number of rotatable bonds is 6. The molecule has 0 N–H and O–H groups in total. The molecule has 0 radical (unpaired) electrons. The Morgan fingerprint density at radius 2 is 2.00 bits per heavy atom. The maximum atomic E-state index is 5.25. The van der Waals surface area contributed by atoms with E-state index in [4.69, 9.17) is 2.99 Å². The van der Waals surface area contributed by atoms with Crippen molar-refractivity contribution < 1.29 is 37.5 Å². The van der Waals surface area contributed by atoms with Crippen LogP contribution in [0.3, 0.4) is 0 Å². The zero-order valence-corrected chi connectivity index (χ0v) is 8.66. The van der Waals surface area contributed by atoms with Crippen molar-refractivity contribution in [1.82, 2.24) is 0 Å². The molecule has 3 heteroatoms. The second-order valence-corrected chi connectivity index (χ2v) is 3.77. The second kappa shape index (κ2) is 8.27. The van der Waals surface area contributed by atoms with E-state index in [-0.39, 0.29) is 34.6 Å². The van der Waals surface area contributed by atoms with Crippen molar-refractivity contribution >= 4 is 0 Å².